The van der Waals surface area contributed by atoms with E-state index in [2.05, 4.69) is 0 Å². The Bertz CT molecular complexity index is 480. The van der Waals surface area contributed by atoms with Gasteiger partial charge in [-0.25, -0.2) is 4.79 Å². The van der Waals surface area contributed by atoms with Gasteiger partial charge in [-0.15, -0.1) is 0 Å². The van der Waals surface area contributed by atoms with Crippen LogP contribution in [0.4, 0.5) is 0 Å². The summed E-state index contributed by atoms with van der Waals surface area (Å²) in [5.74, 6) is 0.413. The second-order valence-corrected chi connectivity index (χ2v) is 3.98. The largest absolute Gasteiger partial charge is 0.493 e. The highest BCUT2D eigenvalue weighted by Gasteiger charge is 2.29. The zero-order chi connectivity index (χ0) is 13.1. The van der Waals surface area contributed by atoms with E-state index in [9.17, 15) is 9.59 Å². The molecule has 5 nitrogen and oxygen atoms in total. The topological polar surface area (TPSA) is 61.8 Å². The van der Waals surface area contributed by atoms with Crippen LogP contribution < -0.4 is 9.47 Å². The Labute approximate surface area is 105 Å². The van der Waals surface area contributed by atoms with Gasteiger partial charge in [-0.1, -0.05) is 0 Å². The standard InChI is InChI=1S/C13H14O5/c1-8(14)9-3-4-10(16-2)12(7-9)18-11-5-6-17-13(11)15/h3-4,7,11H,5-6H2,1-2H3. The number of carbonyl (C=O) groups excluding carboxylic acids is 2. The van der Waals surface area contributed by atoms with Crippen molar-refractivity contribution in [2.45, 2.75) is 19.4 Å². The van der Waals surface area contributed by atoms with Gasteiger partial charge in [-0.3, -0.25) is 4.79 Å². The minimum absolute atomic E-state index is 0.0727. The molecule has 5 heteroatoms. The Kier molecular flexibility index (Phi) is 3.50. The van der Waals surface area contributed by atoms with E-state index in [1.165, 1.54) is 14.0 Å². The molecule has 0 aromatic heterocycles. The molecule has 1 heterocycles. The Morgan fingerprint density at radius 3 is 2.72 bits per heavy atom. The van der Waals surface area contributed by atoms with Gasteiger partial charge in [-0.2, -0.15) is 0 Å². The highest BCUT2D eigenvalue weighted by Crippen LogP contribution is 2.30. The lowest BCUT2D eigenvalue weighted by atomic mass is 10.1. The monoisotopic (exact) mass is 250 g/mol. The number of Topliss-reactive ketones (excluding diaryl/α,β-unsaturated/α-hetero) is 1. The molecule has 0 spiro atoms. The molecule has 1 aromatic carbocycles. The van der Waals surface area contributed by atoms with E-state index >= 15 is 0 Å². The second kappa shape index (κ2) is 5.08. The van der Waals surface area contributed by atoms with Crippen LogP contribution in [-0.4, -0.2) is 31.6 Å². The number of hydrogen-bond acceptors (Lipinski definition) is 5. The fourth-order valence-corrected chi connectivity index (χ4v) is 1.73. The van der Waals surface area contributed by atoms with Crippen molar-refractivity contribution in [1.82, 2.24) is 0 Å². The number of esters is 1. The number of cyclic esters (lactones) is 1. The fourth-order valence-electron chi connectivity index (χ4n) is 1.73. The van der Waals surface area contributed by atoms with Crippen molar-refractivity contribution in [2.24, 2.45) is 0 Å². The SMILES string of the molecule is COc1ccc(C(C)=O)cc1OC1CCOC1=O. The third kappa shape index (κ3) is 2.45. The third-order valence-corrected chi connectivity index (χ3v) is 2.73. The van der Waals surface area contributed by atoms with E-state index in [1.54, 1.807) is 18.2 Å². The first-order valence-corrected chi connectivity index (χ1v) is 5.64. The molecule has 0 amide bonds. The lowest BCUT2D eigenvalue weighted by molar-refractivity contribution is -0.143. The molecule has 1 fully saturated rings. The maximum Gasteiger partial charge on any atom is 0.347 e. The summed E-state index contributed by atoms with van der Waals surface area (Å²) in [6, 6.07) is 4.88. The van der Waals surface area contributed by atoms with Crippen molar-refractivity contribution in [1.29, 1.82) is 0 Å². The number of methoxy groups -OCH3 is 1. The zero-order valence-corrected chi connectivity index (χ0v) is 10.3. The van der Waals surface area contributed by atoms with E-state index in [-0.39, 0.29) is 11.8 Å². The lowest BCUT2D eigenvalue weighted by Crippen LogP contribution is -2.22. The van der Waals surface area contributed by atoms with Crippen LogP contribution in [0.5, 0.6) is 11.5 Å². The summed E-state index contributed by atoms with van der Waals surface area (Å²) in [4.78, 5) is 22.7. The third-order valence-electron chi connectivity index (χ3n) is 2.73. The van der Waals surface area contributed by atoms with Crippen molar-refractivity contribution >= 4 is 11.8 Å². The van der Waals surface area contributed by atoms with Gasteiger partial charge in [0.15, 0.2) is 23.4 Å². The quantitative estimate of drug-likeness (QED) is 0.600. The van der Waals surface area contributed by atoms with Gasteiger partial charge < -0.3 is 14.2 Å². The number of rotatable bonds is 4. The maximum absolute atomic E-state index is 11.3. The van der Waals surface area contributed by atoms with E-state index < -0.39 is 6.10 Å². The van der Waals surface area contributed by atoms with Gasteiger partial charge in [0.05, 0.1) is 13.7 Å². The number of carbonyl (C=O) groups is 2. The van der Waals surface area contributed by atoms with Gasteiger partial charge in [0.1, 0.15) is 0 Å². The fraction of sp³-hybridized carbons (Fsp3) is 0.385. The molecule has 1 aromatic rings. The Morgan fingerprint density at radius 2 is 2.17 bits per heavy atom. The highest BCUT2D eigenvalue weighted by atomic mass is 16.6. The predicted octanol–water partition coefficient (Wildman–Crippen LogP) is 1.59. The van der Waals surface area contributed by atoms with Crippen molar-refractivity contribution in [2.75, 3.05) is 13.7 Å². The Morgan fingerprint density at radius 1 is 1.39 bits per heavy atom. The molecule has 18 heavy (non-hydrogen) atoms. The minimum Gasteiger partial charge on any atom is -0.493 e. The van der Waals surface area contributed by atoms with Crippen LogP contribution in [0.3, 0.4) is 0 Å². The van der Waals surface area contributed by atoms with Crippen molar-refractivity contribution in [3.8, 4) is 11.5 Å². The summed E-state index contributed by atoms with van der Waals surface area (Å²) in [7, 11) is 1.50. The molecule has 1 aliphatic heterocycles. The number of ketones is 1. The van der Waals surface area contributed by atoms with Gasteiger partial charge in [-0.05, 0) is 25.1 Å². The molecule has 0 saturated carbocycles. The lowest BCUT2D eigenvalue weighted by Gasteiger charge is -2.14. The van der Waals surface area contributed by atoms with Crippen molar-refractivity contribution in [3.63, 3.8) is 0 Å². The van der Waals surface area contributed by atoms with Gasteiger partial charge in [0, 0.05) is 12.0 Å². The second-order valence-electron chi connectivity index (χ2n) is 3.98. The van der Waals surface area contributed by atoms with Crippen LogP contribution in [0.25, 0.3) is 0 Å². The maximum atomic E-state index is 11.3. The Hall–Kier alpha value is -2.04. The molecule has 1 atom stereocenters. The summed E-state index contributed by atoms with van der Waals surface area (Å²) in [5, 5.41) is 0. The van der Waals surface area contributed by atoms with E-state index in [0.29, 0.717) is 30.1 Å². The average Bonchev–Trinajstić information content (AvgIpc) is 2.75. The molecule has 1 unspecified atom stereocenters. The van der Waals surface area contributed by atoms with Crippen LogP contribution in [0.15, 0.2) is 18.2 Å². The van der Waals surface area contributed by atoms with Gasteiger partial charge in [0.2, 0.25) is 0 Å². The summed E-state index contributed by atoms with van der Waals surface area (Å²) in [5.41, 5.74) is 0.511. The highest BCUT2D eigenvalue weighted by molar-refractivity contribution is 5.94. The molecule has 1 aliphatic rings. The molecule has 0 N–H and O–H groups in total. The molecule has 0 bridgehead atoms. The first-order valence-electron chi connectivity index (χ1n) is 5.64. The normalized spacial score (nSPS) is 18.3. The summed E-state index contributed by atoms with van der Waals surface area (Å²) in [6.45, 7) is 1.83. The first-order chi connectivity index (χ1) is 8.61. The molecular formula is C13H14O5. The zero-order valence-electron chi connectivity index (χ0n) is 10.3. The molecule has 2 rings (SSSR count). The number of ether oxygens (including phenoxy) is 3. The van der Waals surface area contributed by atoms with E-state index in [0.717, 1.165) is 0 Å². The first kappa shape index (κ1) is 12.4. The summed E-state index contributed by atoms with van der Waals surface area (Å²) in [6.07, 6.45) is -0.118. The van der Waals surface area contributed by atoms with Crippen molar-refractivity contribution < 1.29 is 23.8 Å². The minimum atomic E-state index is -0.624. The average molecular weight is 250 g/mol. The summed E-state index contributed by atoms with van der Waals surface area (Å²) >= 11 is 0. The van der Waals surface area contributed by atoms with E-state index in [1.807, 2.05) is 0 Å². The molecular weight excluding hydrogens is 236 g/mol. The number of benzene rings is 1. The molecule has 0 aliphatic carbocycles. The van der Waals surface area contributed by atoms with Crippen LogP contribution in [0, 0.1) is 0 Å². The van der Waals surface area contributed by atoms with Crippen molar-refractivity contribution in [3.05, 3.63) is 23.8 Å². The number of hydrogen-bond donors (Lipinski definition) is 0. The molecule has 1 saturated heterocycles. The van der Waals surface area contributed by atoms with Crippen LogP contribution in [0.2, 0.25) is 0 Å². The van der Waals surface area contributed by atoms with Gasteiger partial charge >= 0.3 is 5.97 Å². The molecule has 96 valence electrons. The molecule has 0 radical (unpaired) electrons. The Balaban J connectivity index is 2.26. The summed E-state index contributed by atoms with van der Waals surface area (Å²) < 4.78 is 15.5. The van der Waals surface area contributed by atoms with Crippen LogP contribution in [0.1, 0.15) is 23.7 Å². The van der Waals surface area contributed by atoms with Gasteiger partial charge in [0.25, 0.3) is 0 Å². The van der Waals surface area contributed by atoms with Crippen LogP contribution in [-0.2, 0) is 9.53 Å². The predicted molar refractivity (Wildman–Crippen MR) is 63.0 cm³/mol. The smallest absolute Gasteiger partial charge is 0.347 e. The van der Waals surface area contributed by atoms with E-state index in [4.69, 9.17) is 14.2 Å². The van der Waals surface area contributed by atoms with Crippen LogP contribution >= 0.6 is 0 Å².